The van der Waals surface area contributed by atoms with Crippen molar-refractivity contribution in [3.8, 4) is 0 Å². The van der Waals surface area contributed by atoms with Crippen molar-refractivity contribution in [3.63, 3.8) is 0 Å². The summed E-state index contributed by atoms with van der Waals surface area (Å²) in [6, 6.07) is 6.75. The maximum atomic E-state index is 12.2. The molecule has 0 aliphatic heterocycles. The van der Waals surface area contributed by atoms with Gasteiger partial charge in [-0.2, -0.15) is 0 Å². The fraction of sp³-hybridized carbons (Fsp3) is 0.333. The van der Waals surface area contributed by atoms with Gasteiger partial charge in [-0.15, -0.1) is 0 Å². The minimum absolute atomic E-state index is 0.226. The van der Waals surface area contributed by atoms with Gasteiger partial charge in [0.1, 0.15) is 0 Å². The zero-order valence-electron chi connectivity index (χ0n) is 9.86. The standard InChI is InChI=1S/C12H15N3O2/c1-12(2,7-13)15-11(17)9-6-4-3-5-8(9)10(16)14-15/h3-6H,7,13H2,1-2H3,(H,14,16). The Morgan fingerprint density at radius 1 is 1.24 bits per heavy atom. The van der Waals surface area contributed by atoms with Crippen LogP contribution >= 0.6 is 0 Å². The molecule has 1 heterocycles. The Labute approximate surface area is 97.9 Å². The Morgan fingerprint density at radius 3 is 2.41 bits per heavy atom. The van der Waals surface area contributed by atoms with Gasteiger partial charge in [0.15, 0.2) is 0 Å². The van der Waals surface area contributed by atoms with E-state index in [1.54, 1.807) is 38.1 Å². The molecule has 3 N–H and O–H groups in total. The number of rotatable bonds is 2. The summed E-state index contributed by atoms with van der Waals surface area (Å²) < 4.78 is 1.30. The zero-order valence-corrected chi connectivity index (χ0v) is 9.86. The normalized spacial score (nSPS) is 11.9. The molecule has 0 atom stereocenters. The van der Waals surface area contributed by atoms with E-state index in [-0.39, 0.29) is 17.7 Å². The summed E-state index contributed by atoms with van der Waals surface area (Å²) in [5, 5.41) is 3.40. The van der Waals surface area contributed by atoms with Crippen LogP contribution < -0.4 is 16.9 Å². The van der Waals surface area contributed by atoms with Gasteiger partial charge in [-0.25, -0.2) is 4.68 Å². The first kappa shape index (κ1) is 11.6. The van der Waals surface area contributed by atoms with Crippen molar-refractivity contribution in [2.45, 2.75) is 19.4 Å². The van der Waals surface area contributed by atoms with E-state index in [4.69, 9.17) is 5.73 Å². The summed E-state index contributed by atoms with van der Waals surface area (Å²) in [6.45, 7) is 3.87. The van der Waals surface area contributed by atoms with E-state index in [0.29, 0.717) is 10.8 Å². The molecule has 0 amide bonds. The number of aromatic nitrogens is 2. The lowest BCUT2D eigenvalue weighted by Crippen LogP contribution is -2.45. The number of fused-ring (bicyclic) bond motifs is 1. The number of nitrogens with one attached hydrogen (secondary N) is 1. The average molecular weight is 233 g/mol. The Balaban J connectivity index is 2.91. The third kappa shape index (κ3) is 1.78. The number of nitrogens with two attached hydrogens (primary N) is 1. The molecule has 2 rings (SSSR count). The molecule has 1 aromatic heterocycles. The van der Waals surface area contributed by atoms with Crippen molar-refractivity contribution in [1.82, 2.24) is 9.78 Å². The fourth-order valence-electron chi connectivity index (χ4n) is 1.72. The molecule has 0 radical (unpaired) electrons. The van der Waals surface area contributed by atoms with Gasteiger partial charge >= 0.3 is 0 Å². The van der Waals surface area contributed by atoms with Crippen LogP contribution in [0.5, 0.6) is 0 Å². The highest BCUT2D eigenvalue weighted by molar-refractivity contribution is 5.80. The third-order valence-corrected chi connectivity index (χ3v) is 2.92. The zero-order chi connectivity index (χ0) is 12.6. The van der Waals surface area contributed by atoms with Crippen LogP contribution in [-0.2, 0) is 5.54 Å². The maximum Gasteiger partial charge on any atom is 0.273 e. The fourth-order valence-corrected chi connectivity index (χ4v) is 1.72. The number of H-pyrrole nitrogens is 1. The predicted molar refractivity (Wildman–Crippen MR) is 67.2 cm³/mol. The van der Waals surface area contributed by atoms with Crippen LogP contribution in [0.15, 0.2) is 33.9 Å². The number of hydrogen-bond donors (Lipinski definition) is 2. The highest BCUT2D eigenvalue weighted by atomic mass is 16.2. The molecule has 90 valence electrons. The van der Waals surface area contributed by atoms with E-state index in [0.717, 1.165) is 0 Å². The molecule has 2 aromatic rings. The second-order valence-corrected chi connectivity index (χ2v) is 4.64. The van der Waals surface area contributed by atoms with E-state index in [9.17, 15) is 9.59 Å². The Bertz CT molecular complexity index is 667. The van der Waals surface area contributed by atoms with Crippen LogP contribution in [0, 0.1) is 0 Å². The molecule has 0 bridgehead atoms. The summed E-state index contributed by atoms with van der Waals surface area (Å²) >= 11 is 0. The second kappa shape index (κ2) is 3.85. The molecular weight excluding hydrogens is 218 g/mol. The molecule has 17 heavy (non-hydrogen) atoms. The van der Waals surface area contributed by atoms with Gasteiger partial charge in [0, 0.05) is 6.54 Å². The molecule has 5 heteroatoms. The lowest BCUT2D eigenvalue weighted by atomic mass is 10.1. The predicted octanol–water partition coefficient (Wildman–Crippen LogP) is 0.384. The van der Waals surface area contributed by atoms with Crippen LogP contribution in [0.25, 0.3) is 10.8 Å². The second-order valence-electron chi connectivity index (χ2n) is 4.64. The minimum atomic E-state index is -0.611. The number of benzene rings is 1. The van der Waals surface area contributed by atoms with Crippen molar-refractivity contribution in [3.05, 3.63) is 45.0 Å². The van der Waals surface area contributed by atoms with Gasteiger partial charge in [0.25, 0.3) is 11.1 Å². The van der Waals surface area contributed by atoms with Gasteiger partial charge in [-0.1, -0.05) is 12.1 Å². The third-order valence-electron chi connectivity index (χ3n) is 2.92. The first-order valence-corrected chi connectivity index (χ1v) is 5.42. The van der Waals surface area contributed by atoms with E-state index in [1.165, 1.54) is 4.68 Å². The van der Waals surface area contributed by atoms with Crippen molar-refractivity contribution < 1.29 is 0 Å². The van der Waals surface area contributed by atoms with E-state index >= 15 is 0 Å². The summed E-state index contributed by atoms with van der Waals surface area (Å²) in [6.07, 6.45) is 0. The molecule has 5 nitrogen and oxygen atoms in total. The highest BCUT2D eigenvalue weighted by Crippen LogP contribution is 2.10. The first-order chi connectivity index (χ1) is 7.97. The topological polar surface area (TPSA) is 80.9 Å². The van der Waals surface area contributed by atoms with Crippen molar-refractivity contribution in [2.75, 3.05) is 6.54 Å². The van der Waals surface area contributed by atoms with E-state index < -0.39 is 5.54 Å². The monoisotopic (exact) mass is 233 g/mol. The van der Waals surface area contributed by atoms with Gasteiger partial charge in [-0.3, -0.25) is 14.7 Å². The van der Waals surface area contributed by atoms with Crippen LogP contribution in [0.2, 0.25) is 0 Å². The molecule has 0 saturated heterocycles. The van der Waals surface area contributed by atoms with Crippen molar-refractivity contribution >= 4 is 10.8 Å². The van der Waals surface area contributed by atoms with Gasteiger partial charge in [-0.05, 0) is 26.0 Å². The molecule has 0 fully saturated rings. The average Bonchev–Trinajstić information content (AvgIpc) is 2.33. The highest BCUT2D eigenvalue weighted by Gasteiger charge is 2.21. The lowest BCUT2D eigenvalue weighted by molar-refractivity contribution is 0.314. The van der Waals surface area contributed by atoms with Crippen LogP contribution in [-0.4, -0.2) is 16.3 Å². The van der Waals surface area contributed by atoms with Crippen LogP contribution in [0.1, 0.15) is 13.8 Å². The summed E-state index contributed by atoms with van der Waals surface area (Å²) in [5.74, 6) is 0. The minimum Gasteiger partial charge on any atom is -0.328 e. The molecule has 0 saturated carbocycles. The Morgan fingerprint density at radius 2 is 1.82 bits per heavy atom. The molecule has 0 spiro atoms. The lowest BCUT2D eigenvalue weighted by Gasteiger charge is -2.25. The van der Waals surface area contributed by atoms with Crippen molar-refractivity contribution in [1.29, 1.82) is 0 Å². The van der Waals surface area contributed by atoms with Crippen molar-refractivity contribution in [2.24, 2.45) is 5.73 Å². The SMILES string of the molecule is CC(C)(CN)n1[nH]c(=O)c2ccccc2c1=O. The van der Waals surface area contributed by atoms with E-state index in [2.05, 4.69) is 5.10 Å². The summed E-state index contributed by atoms with van der Waals surface area (Å²) in [5.41, 5.74) is 4.51. The number of nitrogens with zero attached hydrogens (tertiary/aromatic N) is 1. The number of aromatic amines is 1. The molecule has 1 aromatic carbocycles. The van der Waals surface area contributed by atoms with Gasteiger partial charge < -0.3 is 5.73 Å². The molecular formula is C12H15N3O2. The Hall–Kier alpha value is -1.88. The largest absolute Gasteiger partial charge is 0.328 e. The van der Waals surface area contributed by atoms with E-state index in [1.807, 2.05) is 0 Å². The van der Waals surface area contributed by atoms with Crippen LogP contribution in [0.3, 0.4) is 0 Å². The smallest absolute Gasteiger partial charge is 0.273 e. The van der Waals surface area contributed by atoms with Gasteiger partial charge in [0.05, 0.1) is 16.3 Å². The summed E-state index contributed by atoms with van der Waals surface area (Å²) in [7, 11) is 0. The molecule has 0 aliphatic rings. The maximum absolute atomic E-state index is 12.2. The summed E-state index contributed by atoms with van der Waals surface area (Å²) in [4.78, 5) is 24.1. The quantitative estimate of drug-likeness (QED) is 0.787. The van der Waals surface area contributed by atoms with Crippen LogP contribution in [0.4, 0.5) is 0 Å². The number of hydrogen-bond acceptors (Lipinski definition) is 3. The first-order valence-electron chi connectivity index (χ1n) is 5.42. The van der Waals surface area contributed by atoms with Gasteiger partial charge in [0.2, 0.25) is 0 Å². The Kier molecular flexibility index (Phi) is 2.63. The molecule has 0 unspecified atom stereocenters. The molecule has 0 aliphatic carbocycles.